The summed E-state index contributed by atoms with van der Waals surface area (Å²) < 4.78 is 43.5. The largest absolute Gasteiger partial charge is 0.444 e. The number of hydrogen-bond acceptors (Lipinski definition) is 4. The lowest BCUT2D eigenvalue weighted by Crippen LogP contribution is -2.36. The van der Waals surface area contributed by atoms with E-state index in [1.54, 1.807) is 20.8 Å². The summed E-state index contributed by atoms with van der Waals surface area (Å²) in [6.07, 6.45) is -5.23. The highest BCUT2D eigenvalue weighted by Crippen LogP contribution is 2.29. The Morgan fingerprint density at radius 3 is 2.38 bits per heavy atom. The van der Waals surface area contributed by atoms with Crippen molar-refractivity contribution in [1.29, 1.82) is 0 Å². The van der Waals surface area contributed by atoms with Gasteiger partial charge >= 0.3 is 12.3 Å². The maximum absolute atomic E-state index is 12.6. The van der Waals surface area contributed by atoms with E-state index in [9.17, 15) is 22.8 Å². The van der Waals surface area contributed by atoms with E-state index in [1.807, 2.05) is 0 Å². The van der Waals surface area contributed by atoms with Gasteiger partial charge in [0.2, 0.25) is 0 Å². The molecule has 0 fully saturated rings. The first-order valence-electron chi connectivity index (χ1n) is 6.00. The number of nitrogens with zero attached hydrogens (tertiary/aromatic N) is 2. The van der Waals surface area contributed by atoms with Gasteiger partial charge in [0.05, 0.1) is 5.69 Å². The highest BCUT2D eigenvalue weighted by Gasteiger charge is 2.35. The summed E-state index contributed by atoms with van der Waals surface area (Å²) in [5.41, 5.74) is -2.03. The number of nitrogens with one attached hydrogen (secondary N) is 1. The van der Waals surface area contributed by atoms with Gasteiger partial charge in [0.1, 0.15) is 17.9 Å². The predicted molar refractivity (Wildman–Crippen MR) is 66.4 cm³/mol. The Balaban J connectivity index is 2.94. The standard InChI is InChI=1S/C12H16F3N3O3/c1-11(2,3)21-10(20)16-7(6-19)8-5-9(12(13,14)15)17-18(8)4/h5-7H,1-4H3,(H,16,20). The Morgan fingerprint density at radius 2 is 2.00 bits per heavy atom. The van der Waals surface area contributed by atoms with Crippen LogP contribution in [0, 0.1) is 0 Å². The van der Waals surface area contributed by atoms with Gasteiger partial charge < -0.3 is 14.8 Å². The van der Waals surface area contributed by atoms with Gasteiger partial charge in [-0.1, -0.05) is 0 Å². The fourth-order valence-corrected chi connectivity index (χ4v) is 1.52. The highest BCUT2D eigenvalue weighted by atomic mass is 19.4. The predicted octanol–water partition coefficient (Wildman–Crippen LogP) is 2.20. The van der Waals surface area contributed by atoms with Crippen molar-refractivity contribution in [2.45, 2.75) is 38.6 Å². The van der Waals surface area contributed by atoms with Crippen LogP contribution in [-0.4, -0.2) is 27.8 Å². The Morgan fingerprint density at radius 1 is 1.43 bits per heavy atom. The molecule has 0 radical (unpaired) electrons. The minimum atomic E-state index is -4.63. The molecule has 1 aromatic heterocycles. The molecule has 1 unspecified atom stereocenters. The van der Waals surface area contributed by atoms with Crippen molar-refractivity contribution in [3.05, 3.63) is 17.5 Å². The van der Waals surface area contributed by atoms with Crippen molar-refractivity contribution in [2.24, 2.45) is 7.05 Å². The van der Waals surface area contributed by atoms with Crippen molar-refractivity contribution in [3.63, 3.8) is 0 Å². The first kappa shape index (κ1) is 17.0. The molecule has 118 valence electrons. The summed E-state index contributed by atoms with van der Waals surface area (Å²) >= 11 is 0. The second-order valence-electron chi connectivity index (χ2n) is 5.34. The number of hydrogen-bond donors (Lipinski definition) is 1. The third-order valence-electron chi connectivity index (χ3n) is 2.33. The summed E-state index contributed by atoms with van der Waals surface area (Å²) in [7, 11) is 1.25. The molecule has 1 heterocycles. The Kier molecular flexibility index (Phi) is 4.65. The van der Waals surface area contributed by atoms with Gasteiger partial charge in [-0.3, -0.25) is 4.68 Å². The first-order valence-corrected chi connectivity index (χ1v) is 6.00. The monoisotopic (exact) mass is 307 g/mol. The van der Waals surface area contributed by atoms with Crippen LogP contribution in [0.5, 0.6) is 0 Å². The Hall–Kier alpha value is -2.06. The van der Waals surface area contributed by atoms with Crippen molar-refractivity contribution < 1.29 is 27.5 Å². The van der Waals surface area contributed by atoms with Crippen molar-refractivity contribution in [1.82, 2.24) is 15.1 Å². The number of ether oxygens (including phenoxy) is 1. The first-order chi connectivity index (χ1) is 9.44. The number of alkyl halides is 3. The van der Waals surface area contributed by atoms with Crippen LogP contribution in [0.1, 0.15) is 38.2 Å². The van der Waals surface area contributed by atoms with Crippen LogP contribution >= 0.6 is 0 Å². The average molecular weight is 307 g/mol. The molecular formula is C12H16F3N3O3. The van der Waals surface area contributed by atoms with E-state index in [-0.39, 0.29) is 5.69 Å². The second-order valence-corrected chi connectivity index (χ2v) is 5.34. The maximum Gasteiger partial charge on any atom is 0.435 e. The van der Waals surface area contributed by atoms with Crippen LogP contribution in [0.4, 0.5) is 18.0 Å². The third kappa shape index (κ3) is 4.76. The summed E-state index contributed by atoms with van der Waals surface area (Å²) in [6, 6.07) is -0.579. The topological polar surface area (TPSA) is 73.2 Å². The normalized spacial score (nSPS) is 13.7. The minimum absolute atomic E-state index is 0.0943. The average Bonchev–Trinajstić information content (AvgIpc) is 2.65. The number of aromatic nitrogens is 2. The quantitative estimate of drug-likeness (QED) is 0.869. The number of rotatable bonds is 3. The number of aldehydes is 1. The number of carbonyl (C=O) groups is 2. The molecule has 1 rings (SSSR count). The molecule has 9 heteroatoms. The summed E-state index contributed by atoms with van der Waals surface area (Å²) in [5.74, 6) is 0. The van der Waals surface area contributed by atoms with Gasteiger partial charge in [-0.25, -0.2) is 4.79 Å². The van der Waals surface area contributed by atoms with E-state index in [0.29, 0.717) is 12.4 Å². The molecule has 1 N–H and O–H groups in total. The fraction of sp³-hybridized carbons (Fsp3) is 0.583. The van der Waals surface area contributed by atoms with E-state index in [1.165, 1.54) is 7.05 Å². The molecule has 0 aromatic carbocycles. The van der Waals surface area contributed by atoms with Gasteiger partial charge in [-0.05, 0) is 26.8 Å². The lowest BCUT2D eigenvalue weighted by Gasteiger charge is -2.21. The zero-order valence-electron chi connectivity index (χ0n) is 12.0. The smallest absolute Gasteiger partial charge is 0.435 e. The van der Waals surface area contributed by atoms with E-state index in [0.717, 1.165) is 4.68 Å². The molecular weight excluding hydrogens is 291 g/mol. The molecule has 6 nitrogen and oxygen atoms in total. The molecule has 1 amide bonds. The van der Waals surface area contributed by atoms with Gasteiger partial charge in [-0.2, -0.15) is 18.3 Å². The number of halogens is 3. The van der Waals surface area contributed by atoms with Crippen LogP contribution in [0.25, 0.3) is 0 Å². The van der Waals surface area contributed by atoms with Crippen molar-refractivity contribution in [3.8, 4) is 0 Å². The van der Waals surface area contributed by atoms with Crippen LogP contribution in [0.15, 0.2) is 6.07 Å². The van der Waals surface area contributed by atoms with Crippen LogP contribution in [0.2, 0.25) is 0 Å². The zero-order valence-corrected chi connectivity index (χ0v) is 12.0. The molecule has 0 spiro atoms. The molecule has 21 heavy (non-hydrogen) atoms. The molecule has 0 bridgehead atoms. The van der Waals surface area contributed by atoms with Gasteiger partial charge in [0, 0.05) is 7.05 Å². The molecule has 1 atom stereocenters. The SMILES string of the molecule is Cn1nc(C(F)(F)F)cc1C(C=O)NC(=O)OC(C)(C)C. The third-order valence-corrected chi connectivity index (χ3v) is 2.33. The summed E-state index contributed by atoms with van der Waals surface area (Å²) in [6.45, 7) is 4.86. The minimum Gasteiger partial charge on any atom is -0.444 e. The van der Waals surface area contributed by atoms with Crippen LogP contribution in [0.3, 0.4) is 0 Å². The zero-order chi connectivity index (χ0) is 16.4. The number of aryl methyl sites for hydroxylation is 1. The lowest BCUT2D eigenvalue weighted by molar-refractivity contribution is -0.141. The highest BCUT2D eigenvalue weighted by molar-refractivity contribution is 5.74. The Labute approximate surface area is 119 Å². The van der Waals surface area contributed by atoms with E-state index >= 15 is 0 Å². The maximum atomic E-state index is 12.6. The van der Waals surface area contributed by atoms with E-state index in [4.69, 9.17) is 4.74 Å². The summed E-state index contributed by atoms with van der Waals surface area (Å²) in [5, 5.41) is 5.46. The number of alkyl carbamates (subject to hydrolysis) is 1. The fourth-order valence-electron chi connectivity index (χ4n) is 1.52. The lowest BCUT2D eigenvalue weighted by atomic mass is 10.2. The molecule has 0 aliphatic carbocycles. The van der Waals surface area contributed by atoms with Gasteiger partial charge in [-0.15, -0.1) is 0 Å². The molecule has 0 saturated heterocycles. The van der Waals surface area contributed by atoms with Gasteiger partial charge in [0.15, 0.2) is 5.69 Å². The molecule has 0 aliphatic rings. The molecule has 0 aliphatic heterocycles. The van der Waals surface area contributed by atoms with Crippen LogP contribution in [-0.2, 0) is 22.8 Å². The van der Waals surface area contributed by atoms with Crippen molar-refractivity contribution in [2.75, 3.05) is 0 Å². The Bertz CT molecular complexity index is 532. The summed E-state index contributed by atoms with van der Waals surface area (Å²) in [4.78, 5) is 22.6. The van der Waals surface area contributed by atoms with Gasteiger partial charge in [0.25, 0.3) is 0 Å². The molecule has 1 aromatic rings. The second kappa shape index (κ2) is 5.74. The molecule has 0 saturated carbocycles. The van der Waals surface area contributed by atoms with E-state index < -0.39 is 29.6 Å². The van der Waals surface area contributed by atoms with E-state index in [2.05, 4.69) is 10.4 Å². The van der Waals surface area contributed by atoms with Crippen molar-refractivity contribution >= 4 is 12.4 Å². The van der Waals surface area contributed by atoms with Crippen LogP contribution < -0.4 is 5.32 Å². The number of amides is 1. The number of carbonyl (C=O) groups excluding carboxylic acids is 2.